The van der Waals surface area contributed by atoms with Crippen molar-refractivity contribution in [1.82, 2.24) is 5.32 Å². The van der Waals surface area contributed by atoms with E-state index in [4.69, 9.17) is 5.26 Å². The van der Waals surface area contributed by atoms with Crippen molar-refractivity contribution >= 4 is 0 Å². The molecule has 0 spiro atoms. The summed E-state index contributed by atoms with van der Waals surface area (Å²) >= 11 is 0. The molecule has 2 atom stereocenters. The van der Waals surface area contributed by atoms with E-state index >= 15 is 0 Å². The Labute approximate surface area is 121 Å². The van der Waals surface area contributed by atoms with Crippen molar-refractivity contribution < 1.29 is 0 Å². The summed E-state index contributed by atoms with van der Waals surface area (Å²) < 4.78 is 0. The minimum Gasteiger partial charge on any atom is -0.304 e. The van der Waals surface area contributed by atoms with E-state index in [0.29, 0.717) is 11.6 Å². The summed E-state index contributed by atoms with van der Waals surface area (Å²) in [5.74, 6) is 0. The molecule has 0 fully saturated rings. The van der Waals surface area contributed by atoms with Crippen molar-refractivity contribution in [1.29, 1.82) is 5.26 Å². The Morgan fingerprint density at radius 3 is 2.20 bits per heavy atom. The maximum Gasteiger partial charge on any atom is 0.0991 e. The van der Waals surface area contributed by atoms with E-state index < -0.39 is 0 Å². The predicted molar refractivity (Wildman–Crippen MR) is 82.3 cm³/mol. The number of aryl methyl sites for hydroxylation is 1. The van der Waals surface area contributed by atoms with Crippen molar-refractivity contribution in [2.24, 2.45) is 0 Å². The first-order chi connectivity index (χ1) is 9.61. The molecule has 0 heterocycles. The van der Waals surface area contributed by atoms with Crippen LogP contribution >= 0.6 is 0 Å². The number of nitrogens with one attached hydrogen (secondary N) is 1. The van der Waals surface area contributed by atoms with Gasteiger partial charge in [-0.15, -0.1) is 0 Å². The summed E-state index contributed by atoms with van der Waals surface area (Å²) in [5, 5.41) is 12.4. The van der Waals surface area contributed by atoms with Crippen molar-refractivity contribution in [3.63, 3.8) is 0 Å². The molecule has 0 aliphatic carbocycles. The molecule has 0 aliphatic rings. The van der Waals surface area contributed by atoms with Crippen LogP contribution < -0.4 is 5.32 Å². The predicted octanol–water partition coefficient (Wildman–Crippen LogP) is 4.28. The first-order valence-electron chi connectivity index (χ1n) is 6.93. The van der Waals surface area contributed by atoms with E-state index in [0.717, 1.165) is 0 Å². The fraction of sp³-hybridized carbons (Fsp3) is 0.278. The second kappa shape index (κ2) is 6.36. The molecular formula is C18H20N2. The van der Waals surface area contributed by atoms with Gasteiger partial charge < -0.3 is 5.32 Å². The lowest BCUT2D eigenvalue weighted by atomic mass is 10.00. The molecule has 0 aliphatic heterocycles. The Kier molecular flexibility index (Phi) is 4.55. The molecule has 2 heteroatoms. The average Bonchev–Trinajstić information content (AvgIpc) is 2.47. The molecule has 0 aromatic heterocycles. The Hall–Kier alpha value is -2.11. The second-order valence-electron chi connectivity index (χ2n) is 5.20. The lowest BCUT2D eigenvalue weighted by Gasteiger charge is -2.22. The van der Waals surface area contributed by atoms with Gasteiger partial charge in [-0.25, -0.2) is 0 Å². The van der Waals surface area contributed by atoms with Gasteiger partial charge in [0.25, 0.3) is 0 Å². The lowest BCUT2D eigenvalue weighted by Crippen LogP contribution is -2.23. The number of benzene rings is 2. The van der Waals surface area contributed by atoms with E-state index in [1.165, 1.54) is 16.7 Å². The molecule has 2 unspecified atom stereocenters. The minimum absolute atomic E-state index is 0.248. The molecule has 0 saturated carbocycles. The Morgan fingerprint density at radius 2 is 1.60 bits per heavy atom. The quantitative estimate of drug-likeness (QED) is 0.894. The van der Waals surface area contributed by atoms with E-state index in [1.807, 2.05) is 24.3 Å². The zero-order chi connectivity index (χ0) is 14.5. The summed E-state index contributed by atoms with van der Waals surface area (Å²) in [7, 11) is 0. The van der Waals surface area contributed by atoms with E-state index in [9.17, 15) is 0 Å². The van der Waals surface area contributed by atoms with Crippen LogP contribution in [0.15, 0.2) is 48.5 Å². The highest BCUT2D eigenvalue weighted by Gasteiger charge is 2.12. The highest BCUT2D eigenvalue weighted by Crippen LogP contribution is 2.21. The van der Waals surface area contributed by atoms with Gasteiger partial charge in [0.05, 0.1) is 11.6 Å². The normalized spacial score (nSPS) is 13.5. The van der Waals surface area contributed by atoms with E-state index in [2.05, 4.69) is 56.4 Å². The highest BCUT2D eigenvalue weighted by molar-refractivity contribution is 5.33. The molecule has 1 N–H and O–H groups in total. The number of rotatable bonds is 4. The zero-order valence-corrected chi connectivity index (χ0v) is 12.2. The van der Waals surface area contributed by atoms with Gasteiger partial charge in [0.2, 0.25) is 0 Å². The van der Waals surface area contributed by atoms with Gasteiger partial charge in [-0.1, -0.05) is 36.4 Å². The SMILES string of the molecule is Cc1ccccc1C(C)NC(C)c1ccc(C#N)cc1. The number of hydrogen-bond donors (Lipinski definition) is 1. The molecule has 2 rings (SSSR count). The molecular weight excluding hydrogens is 244 g/mol. The molecule has 2 aromatic carbocycles. The standard InChI is InChI=1S/C18H20N2/c1-13-6-4-5-7-18(13)15(3)20-14(2)17-10-8-16(12-19)9-11-17/h4-11,14-15,20H,1-3H3. The van der Waals surface area contributed by atoms with Crippen LogP contribution in [0.4, 0.5) is 0 Å². The summed E-state index contributed by atoms with van der Waals surface area (Å²) in [4.78, 5) is 0. The topological polar surface area (TPSA) is 35.8 Å². The van der Waals surface area contributed by atoms with Crippen LogP contribution in [0.2, 0.25) is 0 Å². The van der Waals surface area contributed by atoms with Crippen LogP contribution in [0.5, 0.6) is 0 Å². The monoisotopic (exact) mass is 264 g/mol. The van der Waals surface area contributed by atoms with Gasteiger partial charge in [0.1, 0.15) is 0 Å². The van der Waals surface area contributed by atoms with Crippen molar-refractivity contribution in [2.75, 3.05) is 0 Å². The first kappa shape index (κ1) is 14.3. The van der Waals surface area contributed by atoms with Crippen LogP contribution in [-0.4, -0.2) is 0 Å². The summed E-state index contributed by atoms with van der Waals surface area (Å²) in [6, 6.07) is 18.9. The molecule has 102 valence electrons. The lowest BCUT2D eigenvalue weighted by molar-refractivity contribution is 0.493. The van der Waals surface area contributed by atoms with Gasteiger partial charge in [-0.3, -0.25) is 0 Å². The summed E-state index contributed by atoms with van der Waals surface area (Å²) in [5.41, 5.74) is 4.53. The van der Waals surface area contributed by atoms with Crippen molar-refractivity contribution in [2.45, 2.75) is 32.9 Å². The van der Waals surface area contributed by atoms with Gasteiger partial charge >= 0.3 is 0 Å². The smallest absolute Gasteiger partial charge is 0.0991 e. The van der Waals surface area contributed by atoms with Crippen molar-refractivity contribution in [3.05, 3.63) is 70.8 Å². The molecule has 20 heavy (non-hydrogen) atoms. The maximum atomic E-state index is 8.83. The third kappa shape index (κ3) is 3.26. The summed E-state index contributed by atoms with van der Waals surface area (Å²) in [6.07, 6.45) is 0. The Balaban J connectivity index is 2.09. The van der Waals surface area contributed by atoms with Crippen LogP contribution in [0.3, 0.4) is 0 Å². The Morgan fingerprint density at radius 1 is 0.950 bits per heavy atom. The highest BCUT2D eigenvalue weighted by atomic mass is 14.9. The molecule has 2 nitrogen and oxygen atoms in total. The Bertz CT molecular complexity index is 608. The molecule has 2 aromatic rings. The molecule has 0 amide bonds. The van der Waals surface area contributed by atoms with Crippen LogP contribution in [0.1, 0.15) is 48.2 Å². The molecule has 0 saturated heterocycles. The second-order valence-corrected chi connectivity index (χ2v) is 5.20. The van der Waals surface area contributed by atoms with E-state index in [-0.39, 0.29) is 6.04 Å². The fourth-order valence-electron chi connectivity index (χ4n) is 2.48. The van der Waals surface area contributed by atoms with Crippen LogP contribution in [0, 0.1) is 18.3 Å². The molecule has 0 radical (unpaired) electrons. The van der Waals surface area contributed by atoms with Gasteiger partial charge in [-0.2, -0.15) is 5.26 Å². The maximum absolute atomic E-state index is 8.83. The number of hydrogen-bond acceptors (Lipinski definition) is 2. The number of nitriles is 1. The third-order valence-electron chi connectivity index (χ3n) is 3.69. The largest absolute Gasteiger partial charge is 0.304 e. The minimum atomic E-state index is 0.248. The van der Waals surface area contributed by atoms with E-state index in [1.54, 1.807) is 0 Å². The third-order valence-corrected chi connectivity index (χ3v) is 3.69. The zero-order valence-electron chi connectivity index (χ0n) is 12.2. The van der Waals surface area contributed by atoms with Crippen LogP contribution in [-0.2, 0) is 0 Å². The molecule has 0 bridgehead atoms. The van der Waals surface area contributed by atoms with Gasteiger partial charge in [-0.05, 0) is 49.6 Å². The van der Waals surface area contributed by atoms with Crippen molar-refractivity contribution in [3.8, 4) is 6.07 Å². The number of nitrogens with zero attached hydrogens (tertiary/aromatic N) is 1. The summed E-state index contributed by atoms with van der Waals surface area (Å²) in [6.45, 7) is 6.47. The fourth-order valence-corrected chi connectivity index (χ4v) is 2.48. The first-order valence-corrected chi connectivity index (χ1v) is 6.93. The van der Waals surface area contributed by atoms with Gasteiger partial charge in [0.15, 0.2) is 0 Å². The van der Waals surface area contributed by atoms with Gasteiger partial charge in [0, 0.05) is 12.1 Å². The van der Waals surface area contributed by atoms with Crippen LogP contribution in [0.25, 0.3) is 0 Å². The average molecular weight is 264 g/mol.